The Labute approximate surface area is 122 Å². The van der Waals surface area contributed by atoms with Gasteiger partial charge in [-0.2, -0.15) is 4.31 Å². The largest absolute Gasteiger partial charge is 0.352 e. The molecule has 1 unspecified atom stereocenters. The maximum Gasteiger partial charge on any atom is 0.238 e. The van der Waals surface area contributed by atoms with Crippen molar-refractivity contribution in [1.82, 2.24) is 9.62 Å². The molecule has 0 bridgehead atoms. The third kappa shape index (κ3) is 3.95. The molecule has 5 nitrogen and oxygen atoms in total. The van der Waals surface area contributed by atoms with E-state index in [-0.39, 0.29) is 11.9 Å². The summed E-state index contributed by atoms with van der Waals surface area (Å²) in [5, 5.41) is 3.07. The predicted octanol–water partition coefficient (Wildman–Crippen LogP) is 1.50. The average Bonchev–Trinajstić information content (AvgIpc) is 2.40. The van der Waals surface area contributed by atoms with E-state index in [1.54, 1.807) is 0 Å². The first kappa shape index (κ1) is 15.8. The SMILES string of the molecule is CC1CCC(NC(=O)C2CCCCN2S(C)(=O)=O)CC1. The summed E-state index contributed by atoms with van der Waals surface area (Å²) in [5.41, 5.74) is 0. The van der Waals surface area contributed by atoms with Gasteiger partial charge in [-0.25, -0.2) is 8.42 Å². The summed E-state index contributed by atoms with van der Waals surface area (Å²) < 4.78 is 24.9. The molecule has 6 heteroatoms. The molecular weight excluding hydrogens is 276 g/mol. The summed E-state index contributed by atoms with van der Waals surface area (Å²) in [6, 6.07) is -0.278. The first-order chi connectivity index (χ1) is 9.38. The van der Waals surface area contributed by atoms with Crippen LogP contribution in [0.15, 0.2) is 0 Å². The van der Waals surface area contributed by atoms with Crippen LogP contribution in [0.25, 0.3) is 0 Å². The number of carbonyl (C=O) groups is 1. The molecule has 1 atom stereocenters. The number of sulfonamides is 1. The smallest absolute Gasteiger partial charge is 0.238 e. The summed E-state index contributed by atoms with van der Waals surface area (Å²) in [6.45, 7) is 2.71. The van der Waals surface area contributed by atoms with Gasteiger partial charge in [0.15, 0.2) is 0 Å². The molecule has 1 N–H and O–H groups in total. The lowest BCUT2D eigenvalue weighted by molar-refractivity contribution is -0.126. The first-order valence-corrected chi connectivity index (χ1v) is 9.50. The molecule has 1 aliphatic carbocycles. The normalized spacial score (nSPS) is 32.8. The van der Waals surface area contributed by atoms with E-state index < -0.39 is 16.1 Å². The summed E-state index contributed by atoms with van der Waals surface area (Å²) in [4.78, 5) is 12.4. The van der Waals surface area contributed by atoms with Crippen LogP contribution in [-0.4, -0.2) is 43.5 Å². The zero-order chi connectivity index (χ0) is 14.8. The maximum atomic E-state index is 12.4. The van der Waals surface area contributed by atoms with E-state index in [4.69, 9.17) is 0 Å². The molecule has 116 valence electrons. The molecule has 0 spiro atoms. The second kappa shape index (κ2) is 6.43. The number of rotatable bonds is 3. The molecule has 0 radical (unpaired) electrons. The Balaban J connectivity index is 1.96. The lowest BCUT2D eigenvalue weighted by atomic mass is 9.87. The van der Waals surface area contributed by atoms with Gasteiger partial charge in [0.05, 0.1) is 6.26 Å². The molecule has 0 aromatic rings. The van der Waals surface area contributed by atoms with E-state index in [1.807, 2.05) is 0 Å². The molecule has 2 rings (SSSR count). The van der Waals surface area contributed by atoms with Gasteiger partial charge in [0.1, 0.15) is 6.04 Å². The minimum Gasteiger partial charge on any atom is -0.352 e. The molecule has 1 amide bonds. The van der Waals surface area contributed by atoms with Gasteiger partial charge in [-0.15, -0.1) is 0 Å². The Morgan fingerprint density at radius 1 is 1.10 bits per heavy atom. The fraction of sp³-hybridized carbons (Fsp3) is 0.929. The number of hydrogen-bond acceptors (Lipinski definition) is 3. The van der Waals surface area contributed by atoms with Gasteiger partial charge in [0.2, 0.25) is 15.9 Å². The van der Waals surface area contributed by atoms with Crippen molar-refractivity contribution < 1.29 is 13.2 Å². The third-order valence-corrected chi connectivity index (χ3v) is 5.83. The molecule has 1 saturated heterocycles. The highest BCUT2D eigenvalue weighted by atomic mass is 32.2. The molecular formula is C14H26N2O3S. The van der Waals surface area contributed by atoms with Crippen molar-refractivity contribution in [3.63, 3.8) is 0 Å². The van der Waals surface area contributed by atoms with Gasteiger partial charge in [-0.3, -0.25) is 4.79 Å². The standard InChI is InChI=1S/C14H26N2O3S/c1-11-6-8-12(9-7-11)15-14(17)13-5-3-4-10-16(13)20(2,18)19/h11-13H,3-10H2,1-2H3,(H,15,17). The Hall–Kier alpha value is -0.620. The van der Waals surface area contributed by atoms with Crippen LogP contribution in [0.1, 0.15) is 51.9 Å². The van der Waals surface area contributed by atoms with Crippen molar-refractivity contribution >= 4 is 15.9 Å². The molecule has 20 heavy (non-hydrogen) atoms. The van der Waals surface area contributed by atoms with Crippen LogP contribution in [0.4, 0.5) is 0 Å². The van der Waals surface area contributed by atoms with Crippen molar-refractivity contribution in [2.24, 2.45) is 5.92 Å². The Kier molecular flexibility index (Phi) is 5.07. The van der Waals surface area contributed by atoms with Gasteiger partial charge in [0, 0.05) is 12.6 Å². The second-order valence-corrected chi connectivity index (χ2v) is 8.29. The monoisotopic (exact) mass is 302 g/mol. The van der Waals surface area contributed by atoms with E-state index in [1.165, 1.54) is 10.6 Å². The van der Waals surface area contributed by atoms with Crippen molar-refractivity contribution in [3.8, 4) is 0 Å². The molecule has 1 aliphatic heterocycles. The summed E-state index contributed by atoms with van der Waals surface area (Å²) in [7, 11) is -3.30. The molecule has 0 aromatic carbocycles. The number of piperidine rings is 1. The van der Waals surface area contributed by atoms with E-state index in [0.29, 0.717) is 13.0 Å². The topological polar surface area (TPSA) is 66.5 Å². The minimum atomic E-state index is -3.30. The lowest BCUT2D eigenvalue weighted by Crippen LogP contribution is -2.53. The van der Waals surface area contributed by atoms with Gasteiger partial charge < -0.3 is 5.32 Å². The van der Waals surface area contributed by atoms with Crippen LogP contribution < -0.4 is 5.32 Å². The zero-order valence-electron chi connectivity index (χ0n) is 12.5. The molecule has 1 heterocycles. The Morgan fingerprint density at radius 2 is 1.75 bits per heavy atom. The van der Waals surface area contributed by atoms with Crippen molar-refractivity contribution in [2.45, 2.75) is 64.0 Å². The van der Waals surface area contributed by atoms with E-state index in [0.717, 1.165) is 44.4 Å². The summed E-state index contributed by atoms with van der Waals surface area (Å²) in [6.07, 6.45) is 7.92. The quantitative estimate of drug-likeness (QED) is 0.859. The van der Waals surface area contributed by atoms with Crippen LogP contribution in [-0.2, 0) is 14.8 Å². The third-order valence-electron chi connectivity index (χ3n) is 4.54. The van der Waals surface area contributed by atoms with E-state index in [2.05, 4.69) is 12.2 Å². The number of carbonyl (C=O) groups excluding carboxylic acids is 1. The van der Waals surface area contributed by atoms with Gasteiger partial charge >= 0.3 is 0 Å². The number of nitrogens with zero attached hydrogens (tertiary/aromatic N) is 1. The van der Waals surface area contributed by atoms with Gasteiger partial charge in [-0.1, -0.05) is 13.3 Å². The lowest BCUT2D eigenvalue weighted by Gasteiger charge is -2.34. The fourth-order valence-electron chi connectivity index (χ4n) is 3.27. The predicted molar refractivity (Wildman–Crippen MR) is 78.8 cm³/mol. The average molecular weight is 302 g/mol. The first-order valence-electron chi connectivity index (χ1n) is 7.65. The van der Waals surface area contributed by atoms with E-state index >= 15 is 0 Å². The number of nitrogens with one attached hydrogen (secondary N) is 1. The highest BCUT2D eigenvalue weighted by molar-refractivity contribution is 7.88. The molecule has 1 saturated carbocycles. The highest BCUT2D eigenvalue weighted by Crippen LogP contribution is 2.25. The Morgan fingerprint density at radius 3 is 2.35 bits per heavy atom. The van der Waals surface area contributed by atoms with Crippen LogP contribution in [0.5, 0.6) is 0 Å². The van der Waals surface area contributed by atoms with Crippen molar-refractivity contribution in [3.05, 3.63) is 0 Å². The number of hydrogen-bond donors (Lipinski definition) is 1. The van der Waals surface area contributed by atoms with Crippen molar-refractivity contribution in [1.29, 1.82) is 0 Å². The van der Waals surface area contributed by atoms with Crippen LogP contribution in [0.3, 0.4) is 0 Å². The molecule has 2 aliphatic rings. The summed E-state index contributed by atoms with van der Waals surface area (Å²) in [5.74, 6) is 0.639. The van der Waals surface area contributed by atoms with Crippen molar-refractivity contribution in [2.75, 3.05) is 12.8 Å². The Bertz CT molecular complexity index is 441. The zero-order valence-corrected chi connectivity index (χ0v) is 13.3. The van der Waals surface area contributed by atoms with Gasteiger partial charge in [-0.05, 0) is 44.4 Å². The fourth-order valence-corrected chi connectivity index (χ4v) is 4.39. The van der Waals surface area contributed by atoms with E-state index in [9.17, 15) is 13.2 Å². The number of amides is 1. The molecule has 2 fully saturated rings. The maximum absolute atomic E-state index is 12.4. The van der Waals surface area contributed by atoms with Crippen LogP contribution >= 0.6 is 0 Å². The van der Waals surface area contributed by atoms with Gasteiger partial charge in [0.25, 0.3) is 0 Å². The summed E-state index contributed by atoms with van der Waals surface area (Å²) >= 11 is 0. The highest BCUT2D eigenvalue weighted by Gasteiger charge is 2.35. The minimum absolute atomic E-state index is 0.102. The van der Waals surface area contributed by atoms with Crippen LogP contribution in [0.2, 0.25) is 0 Å². The van der Waals surface area contributed by atoms with Crippen LogP contribution in [0, 0.1) is 5.92 Å². The second-order valence-electron chi connectivity index (χ2n) is 6.35. The molecule has 0 aromatic heterocycles.